The van der Waals surface area contributed by atoms with Crippen LogP contribution in [0.3, 0.4) is 0 Å². The minimum absolute atomic E-state index is 0.160. The molecular formula is C39H50Zr. The molecule has 0 atom stereocenters. The monoisotopic (exact) mass is 608 g/mol. The van der Waals surface area contributed by atoms with Gasteiger partial charge in [0.25, 0.3) is 0 Å². The summed E-state index contributed by atoms with van der Waals surface area (Å²) in [7, 11) is 0. The van der Waals surface area contributed by atoms with Crippen molar-refractivity contribution in [3.63, 3.8) is 0 Å². The van der Waals surface area contributed by atoms with Gasteiger partial charge in [-0.1, -0.05) is 0 Å². The Morgan fingerprint density at radius 2 is 1.20 bits per heavy atom. The third-order valence-corrected chi connectivity index (χ3v) is 19.8. The van der Waals surface area contributed by atoms with E-state index in [2.05, 4.69) is 104 Å². The van der Waals surface area contributed by atoms with Crippen LogP contribution in [0.25, 0.3) is 11.1 Å². The zero-order chi connectivity index (χ0) is 28.2. The summed E-state index contributed by atoms with van der Waals surface area (Å²) in [5.74, 6) is 3.02. The summed E-state index contributed by atoms with van der Waals surface area (Å²) in [6.45, 7) is 19.2. The molecule has 4 saturated carbocycles. The van der Waals surface area contributed by atoms with Gasteiger partial charge < -0.3 is 0 Å². The van der Waals surface area contributed by atoms with Crippen molar-refractivity contribution in [1.82, 2.24) is 0 Å². The van der Waals surface area contributed by atoms with E-state index >= 15 is 0 Å². The van der Waals surface area contributed by atoms with Gasteiger partial charge in [0, 0.05) is 0 Å². The molecule has 4 bridgehead atoms. The summed E-state index contributed by atoms with van der Waals surface area (Å²) in [5, 5.41) is 0. The summed E-state index contributed by atoms with van der Waals surface area (Å²) in [6, 6.07) is 15.2. The van der Waals surface area contributed by atoms with Gasteiger partial charge in [-0.25, -0.2) is 0 Å². The minimum atomic E-state index is -2.26. The maximum absolute atomic E-state index is 2.66. The molecule has 0 amide bonds. The van der Waals surface area contributed by atoms with E-state index in [1.54, 1.807) is 25.5 Å². The molecule has 2 aromatic carbocycles. The second-order valence-corrected chi connectivity index (χ2v) is 24.0. The third-order valence-electron chi connectivity index (χ3n) is 11.4. The van der Waals surface area contributed by atoms with Gasteiger partial charge in [-0.3, -0.25) is 0 Å². The molecule has 8 rings (SSSR count). The maximum atomic E-state index is 2.66. The van der Waals surface area contributed by atoms with Gasteiger partial charge in [-0.15, -0.1) is 0 Å². The van der Waals surface area contributed by atoms with Gasteiger partial charge in [0.05, 0.1) is 0 Å². The van der Waals surface area contributed by atoms with Crippen LogP contribution in [0.4, 0.5) is 0 Å². The Kier molecular flexibility index (Phi) is 6.42. The normalized spacial score (nSPS) is 28.9. The Morgan fingerprint density at radius 1 is 0.725 bits per heavy atom. The van der Waals surface area contributed by atoms with Crippen LogP contribution in [0.2, 0.25) is 0 Å². The standard InChI is InChI=1S/C21H25.C15H19.C3H6.Zr/c1-20(2,3)16-9-7-14-11-15-8-10-17(21(4,5)6)13-19(15)18(14)12-16;1-2-4-14(3-1)15-8-11-5-12(9-15)7-13(6-11)10-15;1-3-2;/h7-13H,1-6H3;1,3,11-13H,2,5-10H2;1-2H3;. The molecule has 0 aromatic heterocycles. The first-order valence-corrected chi connectivity index (χ1v) is 20.1. The first-order valence-electron chi connectivity index (χ1n) is 16.2. The van der Waals surface area contributed by atoms with Gasteiger partial charge in [0.1, 0.15) is 0 Å². The van der Waals surface area contributed by atoms with E-state index in [0.717, 1.165) is 17.8 Å². The van der Waals surface area contributed by atoms with Gasteiger partial charge >= 0.3 is 253 Å². The van der Waals surface area contributed by atoms with E-state index in [1.165, 1.54) is 56.1 Å². The Hall–Kier alpha value is -1.33. The molecular weight excluding hydrogens is 560 g/mol. The van der Waals surface area contributed by atoms with Crippen molar-refractivity contribution in [2.45, 2.75) is 115 Å². The van der Waals surface area contributed by atoms with Crippen molar-refractivity contribution in [3.8, 4) is 11.1 Å². The predicted molar refractivity (Wildman–Crippen MR) is 169 cm³/mol. The van der Waals surface area contributed by atoms with Crippen molar-refractivity contribution in [1.29, 1.82) is 0 Å². The summed E-state index contributed by atoms with van der Waals surface area (Å²) >= 11 is -2.26. The number of rotatable bonds is 3. The fourth-order valence-electron chi connectivity index (χ4n) is 9.96. The van der Waals surface area contributed by atoms with E-state index in [-0.39, 0.29) is 10.8 Å². The molecule has 6 aliphatic carbocycles. The SMILES string of the molecule is C[C](C)=[Zr]([C]1=C(C23CC4CC(CC(C4)C2)C3)C=CC1)[CH]1c2ccc(C(C)(C)C)cc2-c2cc(C(C)(C)C)ccc21. The van der Waals surface area contributed by atoms with E-state index < -0.39 is 21.3 Å². The van der Waals surface area contributed by atoms with Crippen LogP contribution in [0.1, 0.15) is 126 Å². The number of allylic oxidation sites excluding steroid dienone is 4. The molecule has 0 aliphatic heterocycles. The van der Waals surface area contributed by atoms with Crippen LogP contribution in [0.15, 0.2) is 57.4 Å². The van der Waals surface area contributed by atoms with Gasteiger partial charge in [0.2, 0.25) is 0 Å². The first kappa shape index (κ1) is 27.5. The molecule has 210 valence electrons. The molecule has 1 heteroatoms. The van der Waals surface area contributed by atoms with Crippen molar-refractivity contribution in [3.05, 3.63) is 79.7 Å². The van der Waals surface area contributed by atoms with E-state index in [0.29, 0.717) is 9.04 Å². The molecule has 0 N–H and O–H groups in total. The Morgan fingerprint density at radius 3 is 1.62 bits per heavy atom. The quantitative estimate of drug-likeness (QED) is 0.325. The fraction of sp³-hybridized carbons (Fsp3) is 0.564. The fourth-order valence-corrected chi connectivity index (χ4v) is 18.9. The molecule has 4 fully saturated rings. The summed E-state index contributed by atoms with van der Waals surface area (Å²) < 4.78 is 4.36. The second-order valence-electron chi connectivity index (χ2n) is 16.6. The Labute approximate surface area is 251 Å². The zero-order valence-corrected chi connectivity index (χ0v) is 28.8. The molecule has 2 aromatic rings. The van der Waals surface area contributed by atoms with Crippen LogP contribution in [-0.4, -0.2) is 3.21 Å². The van der Waals surface area contributed by atoms with Crippen molar-refractivity contribution >= 4 is 3.21 Å². The van der Waals surface area contributed by atoms with E-state index in [4.69, 9.17) is 0 Å². The van der Waals surface area contributed by atoms with E-state index in [9.17, 15) is 0 Å². The molecule has 0 heterocycles. The Bertz CT molecular complexity index is 1370. The molecule has 6 aliphatic rings. The van der Waals surface area contributed by atoms with Crippen molar-refractivity contribution < 1.29 is 21.3 Å². The molecule has 40 heavy (non-hydrogen) atoms. The second kappa shape index (κ2) is 9.33. The van der Waals surface area contributed by atoms with Gasteiger partial charge in [-0.05, 0) is 0 Å². The van der Waals surface area contributed by atoms with Crippen molar-refractivity contribution in [2.75, 3.05) is 0 Å². The van der Waals surface area contributed by atoms with E-state index in [1.807, 2.05) is 8.85 Å². The molecule has 0 saturated heterocycles. The van der Waals surface area contributed by atoms with Crippen LogP contribution in [-0.2, 0) is 32.1 Å². The number of fused-ring (bicyclic) bond motifs is 3. The molecule has 0 nitrogen and oxygen atoms in total. The summed E-state index contributed by atoms with van der Waals surface area (Å²) in [6.07, 6.45) is 15.5. The number of hydrogen-bond donors (Lipinski definition) is 0. The topological polar surface area (TPSA) is 0 Å². The third kappa shape index (κ3) is 4.34. The predicted octanol–water partition coefficient (Wildman–Crippen LogP) is 10.6. The van der Waals surface area contributed by atoms with Crippen LogP contribution in [0.5, 0.6) is 0 Å². The number of hydrogen-bond acceptors (Lipinski definition) is 0. The van der Waals surface area contributed by atoms with Crippen LogP contribution in [0, 0.1) is 23.2 Å². The van der Waals surface area contributed by atoms with Gasteiger partial charge in [0.15, 0.2) is 0 Å². The van der Waals surface area contributed by atoms with Crippen molar-refractivity contribution in [2.24, 2.45) is 23.2 Å². The molecule has 0 radical (unpaired) electrons. The summed E-state index contributed by atoms with van der Waals surface area (Å²) in [4.78, 5) is 0. The average molecular weight is 610 g/mol. The average Bonchev–Trinajstić information content (AvgIpc) is 3.46. The Balaban J connectivity index is 1.41. The van der Waals surface area contributed by atoms with Crippen LogP contribution < -0.4 is 0 Å². The summed E-state index contributed by atoms with van der Waals surface area (Å²) in [5.41, 5.74) is 12.0. The molecule has 0 unspecified atom stereocenters. The first-order chi connectivity index (χ1) is 18.8. The molecule has 0 spiro atoms. The zero-order valence-electron chi connectivity index (χ0n) is 26.4. The van der Waals surface area contributed by atoms with Gasteiger partial charge in [-0.2, -0.15) is 0 Å². The number of benzene rings is 2. The van der Waals surface area contributed by atoms with Crippen LogP contribution >= 0.6 is 0 Å².